The van der Waals surface area contributed by atoms with Gasteiger partial charge in [-0.2, -0.15) is 11.8 Å². The third-order valence-electron chi connectivity index (χ3n) is 4.79. The van der Waals surface area contributed by atoms with Crippen molar-refractivity contribution in [2.75, 3.05) is 38.2 Å². The van der Waals surface area contributed by atoms with Gasteiger partial charge in [0.25, 0.3) is 0 Å². The molecule has 1 atom stereocenters. The summed E-state index contributed by atoms with van der Waals surface area (Å²) in [6.45, 7) is 10.0. The summed E-state index contributed by atoms with van der Waals surface area (Å²) in [5, 5.41) is 0. The first-order valence-electron chi connectivity index (χ1n) is 7.67. The average Bonchev–Trinajstić information content (AvgIpc) is 2.85. The lowest BCUT2D eigenvalue weighted by Crippen LogP contribution is -2.46. The van der Waals surface area contributed by atoms with Gasteiger partial charge in [-0.3, -0.25) is 0 Å². The number of thioether (sulfide) groups is 1. The Balaban J connectivity index is 1.71. The fourth-order valence-electron chi connectivity index (χ4n) is 3.48. The van der Waals surface area contributed by atoms with Crippen molar-refractivity contribution in [3.05, 3.63) is 0 Å². The summed E-state index contributed by atoms with van der Waals surface area (Å²) < 4.78 is 0. The summed E-state index contributed by atoms with van der Waals surface area (Å²) in [4.78, 5) is 5.43. The van der Waals surface area contributed by atoms with Crippen LogP contribution in [0.1, 0.15) is 39.5 Å². The topological polar surface area (TPSA) is 6.48 Å². The zero-order chi connectivity index (χ0) is 13.0. The van der Waals surface area contributed by atoms with Crippen LogP contribution in [0, 0.1) is 5.92 Å². The zero-order valence-corrected chi connectivity index (χ0v) is 13.2. The van der Waals surface area contributed by atoms with E-state index >= 15 is 0 Å². The minimum absolute atomic E-state index is 0.735. The highest BCUT2D eigenvalue weighted by molar-refractivity contribution is 7.98. The Bertz CT molecular complexity index is 237. The van der Waals surface area contributed by atoms with Gasteiger partial charge in [0, 0.05) is 18.6 Å². The minimum Gasteiger partial charge on any atom is -0.301 e. The fourth-order valence-corrected chi connectivity index (χ4v) is 4.05. The number of rotatable bonds is 5. The molecular weight excluding hydrogens is 240 g/mol. The lowest BCUT2D eigenvalue weighted by molar-refractivity contribution is 0.105. The number of likely N-dealkylation sites (tertiary alicyclic amines) is 2. The maximum absolute atomic E-state index is 2.79. The van der Waals surface area contributed by atoms with E-state index in [4.69, 9.17) is 0 Å². The smallest absolute Gasteiger partial charge is 0.0120 e. The van der Waals surface area contributed by atoms with Crippen LogP contribution in [0.15, 0.2) is 0 Å². The van der Waals surface area contributed by atoms with Crippen molar-refractivity contribution in [3.8, 4) is 0 Å². The Morgan fingerprint density at radius 3 is 2.44 bits per heavy atom. The molecule has 0 N–H and O–H groups in total. The van der Waals surface area contributed by atoms with Gasteiger partial charge in [-0.05, 0) is 77.1 Å². The van der Waals surface area contributed by atoms with Crippen LogP contribution in [0.4, 0.5) is 0 Å². The standard InChI is InChI=1S/C15H30N2S/c1-13(2)16-9-5-15(6-10-16)17-8-4-14(12-17)7-11-18-3/h13-15H,4-12H2,1-3H3. The Hall–Kier alpha value is 0.270. The van der Waals surface area contributed by atoms with E-state index in [9.17, 15) is 0 Å². The van der Waals surface area contributed by atoms with Gasteiger partial charge in [-0.15, -0.1) is 0 Å². The maximum Gasteiger partial charge on any atom is 0.0120 e. The van der Waals surface area contributed by atoms with E-state index in [1.165, 1.54) is 57.6 Å². The molecule has 2 aliphatic heterocycles. The summed E-state index contributed by atoms with van der Waals surface area (Å²) in [6, 6.07) is 1.62. The first-order valence-corrected chi connectivity index (χ1v) is 9.07. The fraction of sp³-hybridized carbons (Fsp3) is 1.00. The van der Waals surface area contributed by atoms with Crippen LogP contribution in [0.25, 0.3) is 0 Å². The predicted molar refractivity (Wildman–Crippen MR) is 82.4 cm³/mol. The largest absolute Gasteiger partial charge is 0.301 e. The van der Waals surface area contributed by atoms with Crippen molar-refractivity contribution in [1.82, 2.24) is 9.80 Å². The van der Waals surface area contributed by atoms with Gasteiger partial charge in [-0.25, -0.2) is 0 Å². The molecule has 106 valence electrons. The average molecular weight is 270 g/mol. The molecule has 0 saturated carbocycles. The van der Waals surface area contributed by atoms with E-state index in [0.29, 0.717) is 0 Å². The van der Waals surface area contributed by atoms with Crippen LogP contribution in [0.3, 0.4) is 0 Å². The molecule has 0 aromatic rings. The Labute approximate surface area is 117 Å². The Kier molecular flexibility index (Phi) is 5.84. The van der Waals surface area contributed by atoms with Crippen LogP contribution in [-0.2, 0) is 0 Å². The highest BCUT2D eigenvalue weighted by Gasteiger charge is 2.30. The van der Waals surface area contributed by atoms with Crippen LogP contribution >= 0.6 is 11.8 Å². The van der Waals surface area contributed by atoms with E-state index in [1.54, 1.807) is 0 Å². The number of piperidine rings is 1. The number of hydrogen-bond acceptors (Lipinski definition) is 3. The SMILES string of the molecule is CSCCC1CCN(C2CCN(C(C)C)CC2)C1. The quantitative estimate of drug-likeness (QED) is 0.758. The molecule has 2 rings (SSSR count). The molecule has 2 nitrogen and oxygen atoms in total. The molecule has 0 radical (unpaired) electrons. The summed E-state index contributed by atoms with van der Waals surface area (Å²) in [5.41, 5.74) is 0. The molecule has 2 saturated heterocycles. The molecule has 0 amide bonds. The van der Waals surface area contributed by atoms with E-state index in [0.717, 1.165) is 18.0 Å². The third-order valence-corrected chi connectivity index (χ3v) is 5.44. The van der Waals surface area contributed by atoms with Gasteiger partial charge in [0.15, 0.2) is 0 Å². The Morgan fingerprint density at radius 2 is 1.83 bits per heavy atom. The van der Waals surface area contributed by atoms with Crippen molar-refractivity contribution in [1.29, 1.82) is 0 Å². The normalized spacial score (nSPS) is 28.3. The Morgan fingerprint density at radius 1 is 1.11 bits per heavy atom. The van der Waals surface area contributed by atoms with Crippen molar-refractivity contribution in [2.24, 2.45) is 5.92 Å². The minimum atomic E-state index is 0.735. The van der Waals surface area contributed by atoms with Crippen molar-refractivity contribution < 1.29 is 0 Å². The van der Waals surface area contributed by atoms with E-state index < -0.39 is 0 Å². The highest BCUT2D eigenvalue weighted by Crippen LogP contribution is 2.27. The van der Waals surface area contributed by atoms with Gasteiger partial charge in [0.05, 0.1) is 0 Å². The van der Waals surface area contributed by atoms with Crippen molar-refractivity contribution in [3.63, 3.8) is 0 Å². The lowest BCUT2D eigenvalue weighted by atomic mass is 10.0. The molecular formula is C15H30N2S. The molecule has 1 unspecified atom stereocenters. The van der Waals surface area contributed by atoms with Crippen LogP contribution in [0.5, 0.6) is 0 Å². The third kappa shape index (κ3) is 3.88. The predicted octanol–water partition coefficient (Wildman–Crippen LogP) is 2.93. The molecule has 0 spiro atoms. The van der Waals surface area contributed by atoms with Gasteiger partial charge in [0.2, 0.25) is 0 Å². The number of hydrogen-bond donors (Lipinski definition) is 0. The van der Waals surface area contributed by atoms with E-state index in [1.807, 2.05) is 11.8 Å². The first-order chi connectivity index (χ1) is 8.70. The van der Waals surface area contributed by atoms with Gasteiger partial charge >= 0.3 is 0 Å². The molecule has 2 aliphatic rings. The summed E-state index contributed by atoms with van der Waals surface area (Å²) in [6.07, 6.45) is 7.91. The summed E-state index contributed by atoms with van der Waals surface area (Å²) in [5.74, 6) is 2.34. The van der Waals surface area contributed by atoms with Crippen LogP contribution in [-0.4, -0.2) is 60.1 Å². The van der Waals surface area contributed by atoms with Gasteiger partial charge in [0.1, 0.15) is 0 Å². The van der Waals surface area contributed by atoms with E-state index in [2.05, 4.69) is 29.9 Å². The van der Waals surface area contributed by atoms with Crippen LogP contribution in [0.2, 0.25) is 0 Å². The first kappa shape index (κ1) is 14.7. The van der Waals surface area contributed by atoms with Crippen molar-refractivity contribution in [2.45, 2.75) is 51.6 Å². The second kappa shape index (κ2) is 7.16. The highest BCUT2D eigenvalue weighted by atomic mass is 32.2. The molecule has 2 fully saturated rings. The van der Waals surface area contributed by atoms with Crippen LogP contribution < -0.4 is 0 Å². The molecule has 0 bridgehead atoms. The molecule has 0 aromatic carbocycles. The van der Waals surface area contributed by atoms with Gasteiger partial charge in [-0.1, -0.05) is 0 Å². The summed E-state index contributed by atoms with van der Waals surface area (Å²) in [7, 11) is 0. The lowest BCUT2D eigenvalue weighted by Gasteiger charge is -2.38. The zero-order valence-electron chi connectivity index (χ0n) is 12.4. The van der Waals surface area contributed by atoms with E-state index in [-0.39, 0.29) is 0 Å². The molecule has 0 aliphatic carbocycles. The van der Waals surface area contributed by atoms with Gasteiger partial charge < -0.3 is 9.80 Å². The second-order valence-electron chi connectivity index (χ2n) is 6.29. The second-order valence-corrected chi connectivity index (χ2v) is 7.28. The summed E-state index contributed by atoms with van der Waals surface area (Å²) >= 11 is 2.00. The molecule has 18 heavy (non-hydrogen) atoms. The molecule has 0 aromatic heterocycles. The monoisotopic (exact) mass is 270 g/mol. The maximum atomic E-state index is 2.79. The molecule has 2 heterocycles. The number of nitrogens with zero attached hydrogens (tertiary/aromatic N) is 2. The molecule has 3 heteroatoms. The van der Waals surface area contributed by atoms with Crippen molar-refractivity contribution >= 4 is 11.8 Å².